The van der Waals surface area contributed by atoms with Gasteiger partial charge in [0.15, 0.2) is 5.69 Å². The number of carbonyl (C=O) groups excluding carboxylic acids is 1. The molecule has 2 heterocycles. The summed E-state index contributed by atoms with van der Waals surface area (Å²) in [4.78, 5) is 26.2. The fraction of sp³-hybridized carbons (Fsp3) is 0.130. The Hall–Kier alpha value is -4.40. The summed E-state index contributed by atoms with van der Waals surface area (Å²) in [6.07, 6.45) is 4.13. The van der Waals surface area contributed by atoms with E-state index in [-0.39, 0.29) is 17.2 Å². The van der Waals surface area contributed by atoms with Gasteiger partial charge < -0.3 is 20.8 Å². The van der Waals surface area contributed by atoms with E-state index in [9.17, 15) is 9.59 Å². The lowest BCUT2D eigenvalue weighted by molar-refractivity contribution is 0.252. The van der Waals surface area contributed by atoms with E-state index >= 15 is 0 Å². The van der Waals surface area contributed by atoms with E-state index < -0.39 is 0 Å². The van der Waals surface area contributed by atoms with E-state index in [0.717, 1.165) is 11.9 Å². The molecule has 2 amide bonds. The van der Waals surface area contributed by atoms with Crippen LogP contribution in [0.25, 0.3) is 11.4 Å². The zero-order valence-electron chi connectivity index (χ0n) is 17.4. The van der Waals surface area contributed by atoms with Gasteiger partial charge in [0.2, 0.25) is 5.43 Å². The number of hydrogen-bond donors (Lipinski definition) is 3. The van der Waals surface area contributed by atoms with E-state index in [4.69, 9.17) is 10.1 Å². The third-order valence-corrected chi connectivity index (χ3v) is 4.94. The number of rotatable bonds is 7. The SMILES string of the molecule is COc1cc(N2CCNC2=O)ccc1-n1ccc(=O)c(/C(=C/C=N)Nc2ccccc2)n1. The Morgan fingerprint density at radius 3 is 2.69 bits per heavy atom. The van der Waals surface area contributed by atoms with Crippen LogP contribution in [-0.2, 0) is 0 Å². The maximum absolute atomic E-state index is 12.6. The van der Waals surface area contributed by atoms with Crippen LogP contribution in [-0.4, -0.2) is 42.2 Å². The highest BCUT2D eigenvalue weighted by atomic mass is 16.5. The van der Waals surface area contributed by atoms with Gasteiger partial charge in [0, 0.05) is 49.0 Å². The molecule has 0 atom stereocenters. The molecule has 0 spiro atoms. The van der Waals surface area contributed by atoms with Crippen LogP contribution >= 0.6 is 0 Å². The van der Waals surface area contributed by atoms with Gasteiger partial charge in [-0.15, -0.1) is 0 Å². The normalized spacial score (nSPS) is 13.6. The summed E-state index contributed by atoms with van der Waals surface area (Å²) in [6.45, 7) is 1.16. The fourth-order valence-corrected chi connectivity index (χ4v) is 3.41. The van der Waals surface area contributed by atoms with E-state index in [2.05, 4.69) is 15.7 Å². The predicted molar refractivity (Wildman–Crippen MR) is 124 cm³/mol. The summed E-state index contributed by atoms with van der Waals surface area (Å²) in [5, 5.41) is 17.9. The summed E-state index contributed by atoms with van der Waals surface area (Å²) in [5.74, 6) is 0.498. The maximum Gasteiger partial charge on any atom is 0.321 e. The fourth-order valence-electron chi connectivity index (χ4n) is 3.41. The van der Waals surface area contributed by atoms with Gasteiger partial charge in [-0.3, -0.25) is 9.69 Å². The molecule has 1 saturated heterocycles. The predicted octanol–water partition coefficient (Wildman–Crippen LogP) is 2.87. The van der Waals surface area contributed by atoms with Gasteiger partial charge in [0.1, 0.15) is 11.4 Å². The molecular weight excluding hydrogens is 408 g/mol. The van der Waals surface area contributed by atoms with Gasteiger partial charge in [-0.05, 0) is 30.3 Å². The van der Waals surface area contributed by atoms with Gasteiger partial charge in [-0.1, -0.05) is 18.2 Å². The first-order valence-electron chi connectivity index (χ1n) is 9.97. The number of ether oxygens (including phenoxy) is 1. The van der Waals surface area contributed by atoms with Gasteiger partial charge in [0.05, 0.1) is 12.8 Å². The summed E-state index contributed by atoms with van der Waals surface area (Å²) >= 11 is 0. The minimum absolute atomic E-state index is 0.156. The molecule has 0 bridgehead atoms. The van der Waals surface area contributed by atoms with Crippen LogP contribution in [0.2, 0.25) is 0 Å². The number of nitrogens with zero attached hydrogens (tertiary/aromatic N) is 3. The molecule has 9 nitrogen and oxygen atoms in total. The van der Waals surface area contributed by atoms with Crippen LogP contribution in [0.3, 0.4) is 0 Å². The Morgan fingerprint density at radius 2 is 2.00 bits per heavy atom. The summed E-state index contributed by atoms with van der Waals surface area (Å²) in [5.41, 5.74) is 2.34. The lowest BCUT2D eigenvalue weighted by Crippen LogP contribution is -2.27. The molecule has 32 heavy (non-hydrogen) atoms. The molecule has 1 aliphatic rings. The molecule has 1 fully saturated rings. The summed E-state index contributed by atoms with van der Waals surface area (Å²) in [6, 6.07) is 15.9. The molecular formula is C23H22N6O3. The molecule has 0 saturated carbocycles. The van der Waals surface area contributed by atoms with Crippen molar-refractivity contribution in [3.8, 4) is 11.4 Å². The van der Waals surface area contributed by atoms with Gasteiger partial charge in [0.25, 0.3) is 0 Å². The number of hydrogen-bond acceptors (Lipinski definition) is 6. The Kier molecular flexibility index (Phi) is 5.98. The number of methoxy groups -OCH3 is 1. The van der Waals surface area contributed by atoms with Crippen molar-refractivity contribution >= 4 is 29.3 Å². The Bertz CT molecular complexity index is 1240. The van der Waals surface area contributed by atoms with E-state index in [0.29, 0.717) is 35.9 Å². The number of anilines is 2. The van der Waals surface area contributed by atoms with Crippen molar-refractivity contribution in [2.24, 2.45) is 0 Å². The van der Waals surface area contributed by atoms with Crippen molar-refractivity contribution in [3.05, 3.63) is 82.8 Å². The second-order valence-corrected chi connectivity index (χ2v) is 6.95. The summed E-state index contributed by atoms with van der Waals surface area (Å²) in [7, 11) is 1.54. The van der Waals surface area contributed by atoms with Crippen molar-refractivity contribution < 1.29 is 9.53 Å². The first-order chi connectivity index (χ1) is 15.6. The first-order valence-corrected chi connectivity index (χ1v) is 9.97. The quantitative estimate of drug-likeness (QED) is 0.499. The highest BCUT2D eigenvalue weighted by Gasteiger charge is 2.22. The molecule has 2 aromatic carbocycles. The number of amides is 2. The molecule has 3 N–H and O–H groups in total. The number of urea groups is 1. The highest BCUT2D eigenvalue weighted by molar-refractivity contribution is 5.94. The molecule has 1 aromatic heterocycles. The van der Waals surface area contributed by atoms with E-state index in [1.54, 1.807) is 29.3 Å². The summed E-state index contributed by atoms with van der Waals surface area (Å²) < 4.78 is 7.08. The second-order valence-electron chi connectivity index (χ2n) is 6.95. The van der Waals surface area contributed by atoms with Crippen LogP contribution in [0.15, 0.2) is 71.7 Å². The number of benzene rings is 2. The molecule has 3 aromatic rings. The largest absolute Gasteiger partial charge is 0.494 e. The zero-order chi connectivity index (χ0) is 22.5. The number of nitrogens with one attached hydrogen (secondary N) is 3. The molecule has 0 aliphatic carbocycles. The lowest BCUT2D eigenvalue weighted by atomic mass is 10.2. The second kappa shape index (κ2) is 9.17. The standard InChI is InChI=1S/C23H22N6O3/c1-32-21-15-17(28-14-12-25-23(28)31)7-8-19(21)29-13-10-20(30)22(27-29)18(9-11-24)26-16-5-3-2-4-6-16/h2-11,13,15,24,26H,12,14H2,1H3,(H,25,31)/b18-9-,24-11?. The van der Waals surface area contributed by atoms with Gasteiger partial charge in [-0.25, -0.2) is 9.48 Å². The number of allylic oxidation sites excluding steroid dienone is 1. The zero-order valence-corrected chi connectivity index (χ0v) is 17.4. The molecule has 0 radical (unpaired) electrons. The Labute approximate surface area is 184 Å². The lowest BCUT2D eigenvalue weighted by Gasteiger charge is -2.18. The number of carbonyl (C=O) groups is 1. The smallest absolute Gasteiger partial charge is 0.321 e. The van der Waals surface area contributed by atoms with Crippen molar-refractivity contribution in [1.82, 2.24) is 15.1 Å². The number of para-hydroxylation sites is 1. The first kappa shape index (κ1) is 20.9. The third kappa shape index (κ3) is 4.22. The van der Waals surface area contributed by atoms with Crippen molar-refractivity contribution in [1.29, 1.82) is 5.41 Å². The number of aromatic nitrogens is 2. The average molecular weight is 430 g/mol. The van der Waals surface area contributed by atoms with Crippen LogP contribution in [0, 0.1) is 5.41 Å². The monoisotopic (exact) mass is 430 g/mol. The van der Waals surface area contributed by atoms with Gasteiger partial charge in [-0.2, -0.15) is 5.10 Å². The van der Waals surface area contributed by atoms with Crippen molar-refractivity contribution in [2.75, 3.05) is 30.4 Å². The molecule has 9 heteroatoms. The Morgan fingerprint density at radius 1 is 1.19 bits per heavy atom. The van der Waals surface area contributed by atoms with Crippen molar-refractivity contribution in [2.45, 2.75) is 0 Å². The van der Waals surface area contributed by atoms with Crippen LogP contribution < -0.4 is 25.7 Å². The molecule has 1 aliphatic heterocycles. The van der Waals surface area contributed by atoms with E-state index in [1.165, 1.54) is 23.9 Å². The Balaban J connectivity index is 1.73. The minimum atomic E-state index is -0.290. The van der Waals surface area contributed by atoms with Crippen molar-refractivity contribution in [3.63, 3.8) is 0 Å². The van der Waals surface area contributed by atoms with E-state index in [1.807, 2.05) is 30.3 Å². The topological polar surface area (TPSA) is 112 Å². The molecule has 4 rings (SSSR count). The van der Waals surface area contributed by atoms with Crippen LogP contribution in [0.5, 0.6) is 5.75 Å². The minimum Gasteiger partial charge on any atom is -0.494 e. The third-order valence-electron chi connectivity index (χ3n) is 4.94. The highest BCUT2D eigenvalue weighted by Crippen LogP contribution is 2.29. The molecule has 162 valence electrons. The maximum atomic E-state index is 12.6. The molecule has 0 unspecified atom stereocenters. The van der Waals surface area contributed by atoms with Gasteiger partial charge >= 0.3 is 6.03 Å². The van der Waals surface area contributed by atoms with Crippen LogP contribution in [0.1, 0.15) is 5.69 Å². The van der Waals surface area contributed by atoms with Crippen LogP contribution in [0.4, 0.5) is 16.2 Å². The average Bonchev–Trinajstić information content (AvgIpc) is 3.25.